The summed E-state index contributed by atoms with van der Waals surface area (Å²) in [6.07, 6.45) is 3.03. The van der Waals surface area contributed by atoms with Crippen LogP contribution in [0.3, 0.4) is 0 Å². The summed E-state index contributed by atoms with van der Waals surface area (Å²) in [6.45, 7) is 14.1. The van der Waals surface area contributed by atoms with E-state index in [1.54, 1.807) is 0 Å². The summed E-state index contributed by atoms with van der Waals surface area (Å²) >= 11 is 0. The Bertz CT molecular complexity index is 607. The third-order valence-corrected chi connectivity index (χ3v) is 5.53. The van der Waals surface area contributed by atoms with Gasteiger partial charge >= 0.3 is 0 Å². The second-order valence-corrected chi connectivity index (χ2v) is 8.59. The highest BCUT2D eigenvalue weighted by Crippen LogP contribution is 2.26. The summed E-state index contributed by atoms with van der Waals surface area (Å²) in [5.74, 6) is 1.53. The van der Waals surface area contributed by atoms with E-state index in [-0.39, 0.29) is 35.6 Å². The quantitative estimate of drug-likeness (QED) is 0.159. The molecule has 1 aliphatic rings. The first-order valence-electron chi connectivity index (χ1n) is 11.5. The normalized spacial score (nSPS) is 17.1. The Labute approximate surface area is 206 Å². The third-order valence-electron chi connectivity index (χ3n) is 5.53. The number of benzene rings is 1. The van der Waals surface area contributed by atoms with E-state index >= 15 is 0 Å². The van der Waals surface area contributed by atoms with E-state index < -0.39 is 0 Å². The molecule has 3 N–H and O–H groups in total. The van der Waals surface area contributed by atoms with E-state index in [0.29, 0.717) is 12.5 Å². The summed E-state index contributed by atoms with van der Waals surface area (Å²) in [6, 6.07) is 10.9. The minimum Gasteiger partial charge on any atom is -0.381 e. The number of hydrogen-bond acceptors (Lipinski definition) is 4. The molecule has 0 aromatic heterocycles. The van der Waals surface area contributed by atoms with Gasteiger partial charge < -0.3 is 25.4 Å². The summed E-state index contributed by atoms with van der Waals surface area (Å²) < 4.78 is 11.4. The number of hydrogen-bond donors (Lipinski definition) is 3. The second-order valence-electron chi connectivity index (χ2n) is 8.59. The Balaban J connectivity index is 0.00000480. The van der Waals surface area contributed by atoms with Crippen LogP contribution >= 0.6 is 24.0 Å². The number of nitrogens with zero attached hydrogens (tertiary/aromatic N) is 1. The van der Waals surface area contributed by atoms with Gasteiger partial charge in [-0.2, -0.15) is 0 Å². The van der Waals surface area contributed by atoms with Crippen LogP contribution in [0.2, 0.25) is 0 Å². The zero-order valence-corrected chi connectivity index (χ0v) is 22.1. The number of nitrogens with one attached hydrogen (secondary N) is 3. The fourth-order valence-electron chi connectivity index (χ4n) is 3.63. The van der Waals surface area contributed by atoms with Gasteiger partial charge in [0, 0.05) is 44.5 Å². The van der Waals surface area contributed by atoms with Gasteiger partial charge in [-0.25, -0.2) is 0 Å². The van der Waals surface area contributed by atoms with Crippen LogP contribution in [0.5, 0.6) is 0 Å². The Morgan fingerprint density at radius 1 is 1.10 bits per heavy atom. The molecule has 1 fully saturated rings. The highest BCUT2D eigenvalue weighted by Gasteiger charge is 2.34. The van der Waals surface area contributed by atoms with Crippen LogP contribution < -0.4 is 16.0 Å². The monoisotopic (exact) mass is 546 g/mol. The van der Waals surface area contributed by atoms with Gasteiger partial charge in [0.25, 0.3) is 0 Å². The Hall–Kier alpha value is -0.900. The van der Waals surface area contributed by atoms with Crippen LogP contribution in [0.1, 0.15) is 58.6 Å². The summed E-state index contributed by atoms with van der Waals surface area (Å²) in [5.41, 5.74) is 1.25. The molecule has 0 bridgehead atoms. The summed E-state index contributed by atoms with van der Waals surface area (Å²) in [7, 11) is 0. The van der Waals surface area contributed by atoms with Gasteiger partial charge in [0.15, 0.2) is 5.96 Å². The van der Waals surface area contributed by atoms with Gasteiger partial charge in [0.05, 0.1) is 13.2 Å². The van der Waals surface area contributed by atoms with Crippen molar-refractivity contribution in [2.45, 2.75) is 58.5 Å². The van der Waals surface area contributed by atoms with E-state index in [1.807, 2.05) is 0 Å². The van der Waals surface area contributed by atoms with E-state index in [0.717, 1.165) is 64.7 Å². The van der Waals surface area contributed by atoms with Crippen molar-refractivity contribution in [3.05, 3.63) is 35.9 Å². The fourth-order valence-corrected chi connectivity index (χ4v) is 3.63. The lowest BCUT2D eigenvalue weighted by Gasteiger charge is -2.39. The largest absolute Gasteiger partial charge is 0.381 e. The lowest BCUT2D eigenvalue weighted by atomic mass is 9.88. The number of guanidine groups is 1. The topological polar surface area (TPSA) is 66.9 Å². The SMILES string of the molecule is CCNC(=NCC1(NC(C)c2ccccc2)CCOCC1)NCCOCCC(C)C.I. The third kappa shape index (κ3) is 11.0. The molecule has 2 rings (SSSR count). The van der Waals surface area contributed by atoms with Crippen LogP contribution in [0.25, 0.3) is 0 Å². The molecule has 0 spiro atoms. The molecular weight excluding hydrogens is 503 g/mol. The van der Waals surface area contributed by atoms with Crippen molar-refractivity contribution >= 4 is 29.9 Å². The number of rotatable bonds is 12. The molecule has 0 aliphatic carbocycles. The van der Waals surface area contributed by atoms with Crippen molar-refractivity contribution in [3.63, 3.8) is 0 Å². The Morgan fingerprint density at radius 2 is 1.81 bits per heavy atom. The Morgan fingerprint density at radius 3 is 2.45 bits per heavy atom. The molecule has 6 nitrogen and oxygen atoms in total. The van der Waals surface area contributed by atoms with Gasteiger partial charge in [-0.3, -0.25) is 4.99 Å². The molecule has 31 heavy (non-hydrogen) atoms. The van der Waals surface area contributed by atoms with Crippen molar-refractivity contribution in [1.82, 2.24) is 16.0 Å². The van der Waals surface area contributed by atoms with Crippen LogP contribution in [0.4, 0.5) is 0 Å². The maximum Gasteiger partial charge on any atom is 0.191 e. The lowest BCUT2D eigenvalue weighted by molar-refractivity contribution is 0.0374. The molecule has 0 amide bonds. The first kappa shape index (κ1) is 28.1. The van der Waals surface area contributed by atoms with Gasteiger partial charge in [0.1, 0.15) is 0 Å². The van der Waals surface area contributed by atoms with Crippen molar-refractivity contribution in [1.29, 1.82) is 0 Å². The van der Waals surface area contributed by atoms with E-state index in [4.69, 9.17) is 14.5 Å². The minimum absolute atomic E-state index is 0. The van der Waals surface area contributed by atoms with Gasteiger partial charge in [-0.15, -0.1) is 24.0 Å². The second kappa shape index (κ2) is 15.8. The molecule has 0 saturated carbocycles. The molecule has 7 heteroatoms. The first-order chi connectivity index (χ1) is 14.5. The standard InChI is InChI=1S/C24H42N4O2.HI/c1-5-25-23(26-14-18-29-15-11-20(2)3)27-19-24(12-16-30-17-13-24)28-21(4)22-9-7-6-8-10-22;/h6-10,20-21,28H,5,11-19H2,1-4H3,(H2,25,26,27);1H. The van der Waals surface area contributed by atoms with Crippen molar-refractivity contribution in [2.75, 3.05) is 46.1 Å². The van der Waals surface area contributed by atoms with E-state index in [9.17, 15) is 0 Å². The van der Waals surface area contributed by atoms with Crippen LogP contribution in [-0.4, -0.2) is 57.6 Å². The van der Waals surface area contributed by atoms with E-state index in [1.165, 1.54) is 5.56 Å². The van der Waals surface area contributed by atoms with Crippen LogP contribution in [-0.2, 0) is 9.47 Å². The molecule has 1 unspecified atom stereocenters. The fraction of sp³-hybridized carbons (Fsp3) is 0.708. The van der Waals surface area contributed by atoms with Crippen molar-refractivity contribution < 1.29 is 9.47 Å². The molecule has 1 heterocycles. The number of aliphatic imine (C=N–C) groups is 1. The highest BCUT2D eigenvalue weighted by molar-refractivity contribution is 14.0. The predicted molar refractivity (Wildman–Crippen MR) is 140 cm³/mol. The number of halogens is 1. The zero-order valence-electron chi connectivity index (χ0n) is 19.8. The zero-order chi connectivity index (χ0) is 21.7. The Kier molecular flexibility index (Phi) is 14.4. The number of ether oxygens (including phenoxy) is 2. The van der Waals surface area contributed by atoms with Crippen molar-refractivity contribution in [2.24, 2.45) is 10.9 Å². The predicted octanol–water partition coefficient (Wildman–Crippen LogP) is 4.12. The summed E-state index contributed by atoms with van der Waals surface area (Å²) in [5, 5.41) is 10.6. The molecule has 1 atom stereocenters. The molecule has 1 aromatic rings. The highest BCUT2D eigenvalue weighted by atomic mass is 127. The molecular formula is C24H43IN4O2. The molecule has 178 valence electrons. The maximum atomic E-state index is 5.71. The van der Waals surface area contributed by atoms with Crippen LogP contribution in [0, 0.1) is 5.92 Å². The van der Waals surface area contributed by atoms with Gasteiger partial charge in [0.2, 0.25) is 0 Å². The maximum absolute atomic E-state index is 5.71. The average Bonchev–Trinajstić information content (AvgIpc) is 2.75. The average molecular weight is 547 g/mol. The summed E-state index contributed by atoms with van der Waals surface area (Å²) in [4.78, 5) is 4.92. The lowest BCUT2D eigenvalue weighted by Crippen LogP contribution is -2.53. The molecule has 1 saturated heterocycles. The smallest absolute Gasteiger partial charge is 0.191 e. The van der Waals surface area contributed by atoms with Gasteiger partial charge in [-0.05, 0) is 44.6 Å². The molecule has 1 aliphatic heterocycles. The van der Waals surface area contributed by atoms with Crippen LogP contribution in [0.15, 0.2) is 35.3 Å². The molecule has 0 radical (unpaired) electrons. The van der Waals surface area contributed by atoms with Crippen molar-refractivity contribution in [3.8, 4) is 0 Å². The van der Waals surface area contributed by atoms with Gasteiger partial charge in [-0.1, -0.05) is 44.2 Å². The van der Waals surface area contributed by atoms with E-state index in [2.05, 4.69) is 74.0 Å². The molecule has 1 aromatic carbocycles. The first-order valence-corrected chi connectivity index (χ1v) is 11.5. The minimum atomic E-state index is -0.0520.